The molecule has 0 radical (unpaired) electrons. The maximum atomic E-state index is 12.3. The highest BCUT2D eigenvalue weighted by Gasteiger charge is 2.14. The van der Waals surface area contributed by atoms with Gasteiger partial charge in [-0.15, -0.1) is 0 Å². The molecule has 5 nitrogen and oxygen atoms in total. The predicted octanol–water partition coefficient (Wildman–Crippen LogP) is 2.57. The Kier molecular flexibility index (Phi) is 5.27. The minimum atomic E-state index is -0.464. The van der Waals surface area contributed by atoms with Crippen LogP contribution in [0.2, 0.25) is 0 Å². The van der Waals surface area contributed by atoms with Crippen molar-refractivity contribution in [1.82, 2.24) is 0 Å². The van der Waals surface area contributed by atoms with Crippen LogP contribution >= 0.6 is 0 Å². The van der Waals surface area contributed by atoms with Gasteiger partial charge in [0, 0.05) is 12.1 Å². The van der Waals surface area contributed by atoms with E-state index in [-0.39, 0.29) is 12.5 Å². The van der Waals surface area contributed by atoms with Crippen molar-refractivity contribution in [2.45, 2.75) is 13.5 Å². The fourth-order valence-corrected chi connectivity index (χ4v) is 2.01. The molecule has 114 valence electrons. The van der Waals surface area contributed by atoms with Crippen LogP contribution in [0, 0.1) is 0 Å². The zero-order chi connectivity index (χ0) is 15.9. The van der Waals surface area contributed by atoms with Gasteiger partial charge in [-0.2, -0.15) is 0 Å². The van der Waals surface area contributed by atoms with Gasteiger partial charge in [0.25, 0.3) is 5.91 Å². The van der Waals surface area contributed by atoms with Crippen molar-refractivity contribution < 1.29 is 14.3 Å². The quantitative estimate of drug-likeness (QED) is 0.831. The van der Waals surface area contributed by atoms with Crippen molar-refractivity contribution in [3.63, 3.8) is 0 Å². The van der Waals surface area contributed by atoms with Gasteiger partial charge < -0.3 is 15.8 Å². The molecule has 2 aromatic carbocycles. The van der Waals surface area contributed by atoms with Crippen LogP contribution in [0.5, 0.6) is 0 Å². The molecule has 0 saturated heterocycles. The highest BCUT2D eigenvalue weighted by atomic mass is 16.5. The molecule has 0 atom stereocenters. The lowest BCUT2D eigenvalue weighted by molar-refractivity contribution is 0.0527. The first kappa shape index (κ1) is 15.7. The first-order chi connectivity index (χ1) is 10.7. The Labute approximate surface area is 129 Å². The van der Waals surface area contributed by atoms with Crippen LogP contribution in [0.3, 0.4) is 0 Å². The summed E-state index contributed by atoms with van der Waals surface area (Å²) in [5.41, 5.74) is 7.68. The first-order valence-electron chi connectivity index (χ1n) is 7.02. The van der Waals surface area contributed by atoms with E-state index in [9.17, 15) is 9.59 Å². The number of carbonyl (C=O) groups is 2. The molecular weight excluding hydrogens is 280 g/mol. The summed E-state index contributed by atoms with van der Waals surface area (Å²) >= 11 is 0. The van der Waals surface area contributed by atoms with Gasteiger partial charge in [-0.3, -0.25) is 4.79 Å². The molecule has 0 aliphatic heterocycles. The number of hydrogen-bond donors (Lipinski definition) is 2. The largest absolute Gasteiger partial charge is 0.462 e. The molecule has 0 unspecified atom stereocenters. The van der Waals surface area contributed by atoms with Gasteiger partial charge in [0.05, 0.1) is 17.9 Å². The molecule has 0 saturated carbocycles. The number of hydrogen-bond acceptors (Lipinski definition) is 4. The SMILES string of the molecule is CCOC(=O)c1ccccc1NC(=O)c1cccc(CN)c1. The minimum absolute atomic E-state index is 0.277. The zero-order valence-electron chi connectivity index (χ0n) is 12.3. The van der Waals surface area contributed by atoms with Crippen LogP contribution in [-0.2, 0) is 11.3 Å². The average Bonchev–Trinajstić information content (AvgIpc) is 2.55. The van der Waals surface area contributed by atoms with Crippen molar-refractivity contribution >= 4 is 17.6 Å². The summed E-state index contributed by atoms with van der Waals surface area (Å²) < 4.78 is 4.99. The molecule has 0 bridgehead atoms. The Morgan fingerprint density at radius 3 is 2.64 bits per heavy atom. The highest BCUT2D eigenvalue weighted by molar-refractivity contribution is 6.08. The van der Waals surface area contributed by atoms with Crippen molar-refractivity contribution in [2.24, 2.45) is 5.73 Å². The van der Waals surface area contributed by atoms with Crippen LogP contribution in [0.25, 0.3) is 0 Å². The Morgan fingerprint density at radius 1 is 1.14 bits per heavy atom. The number of amides is 1. The third-order valence-corrected chi connectivity index (χ3v) is 3.10. The number of nitrogens with one attached hydrogen (secondary N) is 1. The molecule has 0 heterocycles. The lowest BCUT2D eigenvalue weighted by Crippen LogP contribution is -2.16. The predicted molar refractivity (Wildman–Crippen MR) is 84.7 cm³/mol. The van der Waals surface area contributed by atoms with E-state index in [0.717, 1.165) is 5.56 Å². The summed E-state index contributed by atoms with van der Waals surface area (Å²) in [6.07, 6.45) is 0. The minimum Gasteiger partial charge on any atom is -0.462 e. The molecule has 0 aliphatic carbocycles. The van der Waals surface area contributed by atoms with Crippen LogP contribution in [-0.4, -0.2) is 18.5 Å². The normalized spacial score (nSPS) is 10.1. The second kappa shape index (κ2) is 7.38. The summed E-state index contributed by atoms with van der Waals surface area (Å²) in [6.45, 7) is 2.37. The third kappa shape index (κ3) is 3.71. The Hall–Kier alpha value is -2.66. The molecule has 0 fully saturated rings. The molecule has 0 aromatic heterocycles. The number of ether oxygens (including phenoxy) is 1. The number of para-hydroxylation sites is 1. The molecule has 5 heteroatoms. The van der Waals surface area contributed by atoms with E-state index in [1.807, 2.05) is 6.07 Å². The zero-order valence-corrected chi connectivity index (χ0v) is 12.3. The number of esters is 1. The first-order valence-corrected chi connectivity index (χ1v) is 7.02. The fourth-order valence-electron chi connectivity index (χ4n) is 2.01. The van der Waals surface area contributed by atoms with E-state index in [0.29, 0.717) is 23.4 Å². The van der Waals surface area contributed by atoms with Crippen molar-refractivity contribution in [2.75, 3.05) is 11.9 Å². The van der Waals surface area contributed by atoms with Crippen LogP contribution in [0.4, 0.5) is 5.69 Å². The van der Waals surface area contributed by atoms with E-state index < -0.39 is 5.97 Å². The molecular formula is C17H18N2O3. The summed E-state index contributed by atoms with van der Waals surface area (Å²) in [5.74, 6) is -0.763. The molecule has 2 rings (SSSR count). The number of nitrogens with two attached hydrogens (primary N) is 1. The van der Waals surface area contributed by atoms with Crippen LogP contribution < -0.4 is 11.1 Å². The maximum absolute atomic E-state index is 12.3. The maximum Gasteiger partial charge on any atom is 0.340 e. The summed E-state index contributed by atoms with van der Waals surface area (Å²) in [7, 11) is 0. The molecule has 2 aromatic rings. The molecule has 22 heavy (non-hydrogen) atoms. The Morgan fingerprint density at radius 2 is 1.91 bits per heavy atom. The summed E-state index contributed by atoms with van der Waals surface area (Å²) in [5, 5.41) is 2.74. The highest BCUT2D eigenvalue weighted by Crippen LogP contribution is 2.17. The second-order valence-electron chi connectivity index (χ2n) is 4.62. The van der Waals surface area contributed by atoms with Gasteiger partial charge in [-0.25, -0.2) is 4.79 Å². The summed E-state index contributed by atoms with van der Waals surface area (Å²) in [4.78, 5) is 24.2. The molecule has 3 N–H and O–H groups in total. The number of carbonyl (C=O) groups excluding carboxylic acids is 2. The van der Waals surface area contributed by atoms with Gasteiger partial charge in [0.15, 0.2) is 0 Å². The molecule has 1 amide bonds. The topological polar surface area (TPSA) is 81.4 Å². The number of rotatable bonds is 5. The van der Waals surface area contributed by atoms with Crippen molar-refractivity contribution in [3.05, 3.63) is 65.2 Å². The second-order valence-corrected chi connectivity index (χ2v) is 4.62. The van der Waals surface area contributed by atoms with Gasteiger partial charge in [0.1, 0.15) is 0 Å². The third-order valence-electron chi connectivity index (χ3n) is 3.10. The number of anilines is 1. The van der Waals surface area contributed by atoms with Crippen LogP contribution in [0.15, 0.2) is 48.5 Å². The monoisotopic (exact) mass is 298 g/mol. The van der Waals surface area contributed by atoms with E-state index in [1.165, 1.54) is 0 Å². The van der Waals surface area contributed by atoms with Crippen LogP contribution in [0.1, 0.15) is 33.2 Å². The van der Waals surface area contributed by atoms with E-state index in [2.05, 4.69) is 5.32 Å². The standard InChI is InChI=1S/C17H18N2O3/c1-2-22-17(21)14-8-3-4-9-15(14)19-16(20)13-7-5-6-12(10-13)11-18/h3-10H,2,11,18H2,1H3,(H,19,20). The average molecular weight is 298 g/mol. The van der Waals surface area contributed by atoms with Gasteiger partial charge in [0.2, 0.25) is 0 Å². The smallest absolute Gasteiger partial charge is 0.340 e. The van der Waals surface area contributed by atoms with Gasteiger partial charge in [-0.1, -0.05) is 24.3 Å². The molecule has 0 spiro atoms. The Balaban J connectivity index is 2.23. The Bertz CT molecular complexity index is 683. The van der Waals surface area contributed by atoms with Crippen molar-refractivity contribution in [1.29, 1.82) is 0 Å². The molecule has 0 aliphatic rings. The van der Waals surface area contributed by atoms with Gasteiger partial charge >= 0.3 is 5.97 Å². The van der Waals surface area contributed by atoms with E-state index in [1.54, 1.807) is 49.4 Å². The van der Waals surface area contributed by atoms with Crippen molar-refractivity contribution in [3.8, 4) is 0 Å². The fraction of sp³-hybridized carbons (Fsp3) is 0.176. The van der Waals surface area contributed by atoms with E-state index >= 15 is 0 Å². The number of benzene rings is 2. The lowest BCUT2D eigenvalue weighted by Gasteiger charge is -2.10. The summed E-state index contributed by atoms with van der Waals surface area (Å²) in [6, 6.07) is 13.8. The van der Waals surface area contributed by atoms with E-state index in [4.69, 9.17) is 10.5 Å². The lowest BCUT2D eigenvalue weighted by atomic mass is 10.1. The van der Waals surface area contributed by atoms with Gasteiger partial charge in [-0.05, 0) is 36.8 Å².